The van der Waals surface area contributed by atoms with Crippen molar-refractivity contribution in [1.29, 1.82) is 0 Å². The molecule has 1 fully saturated rings. The van der Waals surface area contributed by atoms with Crippen LogP contribution in [-0.4, -0.2) is 71.1 Å². The maximum absolute atomic E-state index is 13.2. The number of alkyl halides is 3. The van der Waals surface area contributed by atoms with Crippen LogP contribution in [0.15, 0.2) is 18.2 Å². The Kier molecular flexibility index (Phi) is 7.88. The Morgan fingerprint density at radius 3 is 2.72 bits per heavy atom. The summed E-state index contributed by atoms with van der Waals surface area (Å²) < 4.78 is 51.3. The van der Waals surface area contributed by atoms with Crippen LogP contribution in [0, 0.1) is 6.92 Å². The van der Waals surface area contributed by atoms with Gasteiger partial charge in [-0.15, -0.1) is 30.7 Å². The Bertz CT molecular complexity index is 1070. The number of halogens is 4. The van der Waals surface area contributed by atoms with E-state index in [0.29, 0.717) is 52.2 Å². The third kappa shape index (κ3) is 5.84. The first-order valence-corrected chi connectivity index (χ1v) is 11.0. The van der Waals surface area contributed by atoms with Crippen molar-refractivity contribution in [2.75, 3.05) is 44.3 Å². The Balaban J connectivity index is 0.00000289. The number of carbonyl (C=O) groups is 1. The van der Waals surface area contributed by atoms with E-state index < -0.39 is 6.36 Å². The zero-order valence-electron chi connectivity index (χ0n) is 16.8. The number of hydrogen-bond donors (Lipinski definition) is 0. The number of benzene rings is 1. The number of morpholine rings is 1. The van der Waals surface area contributed by atoms with Crippen molar-refractivity contribution >= 4 is 56.5 Å². The quantitative estimate of drug-likeness (QED) is 0.500. The SMILES string of the molecule is Cc1nnsc1C(=O)N(CCN1CCOCC1)c1nc2ccc(OC(F)(F)F)cc2s1.Cl. The first-order valence-electron chi connectivity index (χ1n) is 9.37. The van der Waals surface area contributed by atoms with Gasteiger partial charge in [-0.1, -0.05) is 15.8 Å². The lowest BCUT2D eigenvalue weighted by Crippen LogP contribution is -2.43. The van der Waals surface area contributed by atoms with Gasteiger partial charge in [0.25, 0.3) is 5.91 Å². The van der Waals surface area contributed by atoms with E-state index in [2.05, 4.69) is 24.2 Å². The van der Waals surface area contributed by atoms with Gasteiger partial charge in [-0.2, -0.15) is 0 Å². The van der Waals surface area contributed by atoms with E-state index in [9.17, 15) is 18.0 Å². The van der Waals surface area contributed by atoms with Gasteiger partial charge in [0, 0.05) is 32.2 Å². The second-order valence-corrected chi connectivity index (χ2v) is 8.54. The number of thiazole rings is 1. The number of nitrogens with zero attached hydrogens (tertiary/aromatic N) is 5. The summed E-state index contributed by atoms with van der Waals surface area (Å²) in [5.74, 6) is -0.615. The molecule has 32 heavy (non-hydrogen) atoms. The number of hydrogen-bond acceptors (Lipinski definition) is 9. The molecule has 174 valence electrons. The van der Waals surface area contributed by atoms with E-state index >= 15 is 0 Å². The zero-order valence-corrected chi connectivity index (χ0v) is 19.2. The van der Waals surface area contributed by atoms with Crippen molar-refractivity contribution in [1.82, 2.24) is 19.5 Å². The minimum atomic E-state index is -4.78. The molecule has 2 aromatic heterocycles. The van der Waals surface area contributed by atoms with Crippen LogP contribution < -0.4 is 9.64 Å². The lowest BCUT2D eigenvalue weighted by Gasteiger charge is -2.29. The van der Waals surface area contributed by atoms with E-state index in [1.807, 2.05) is 0 Å². The van der Waals surface area contributed by atoms with Gasteiger partial charge < -0.3 is 9.47 Å². The highest BCUT2D eigenvalue weighted by atomic mass is 35.5. The van der Waals surface area contributed by atoms with Crippen LogP contribution in [-0.2, 0) is 4.74 Å². The summed E-state index contributed by atoms with van der Waals surface area (Å²) >= 11 is 2.13. The fourth-order valence-corrected chi connectivity index (χ4v) is 4.73. The molecule has 0 unspecified atom stereocenters. The molecule has 1 aromatic carbocycles. The van der Waals surface area contributed by atoms with Crippen LogP contribution in [0.4, 0.5) is 18.3 Å². The summed E-state index contributed by atoms with van der Waals surface area (Å²) in [4.78, 5) is 21.8. The Labute approximate surface area is 195 Å². The summed E-state index contributed by atoms with van der Waals surface area (Å²) in [6.45, 7) is 5.48. The van der Waals surface area contributed by atoms with Crippen LogP contribution in [0.5, 0.6) is 5.75 Å². The smallest absolute Gasteiger partial charge is 0.406 e. The molecule has 3 aromatic rings. The molecule has 0 aliphatic carbocycles. The van der Waals surface area contributed by atoms with Gasteiger partial charge in [0.05, 0.1) is 29.1 Å². The van der Waals surface area contributed by atoms with Crippen molar-refractivity contribution in [3.05, 3.63) is 28.8 Å². The Morgan fingerprint density at radius 1 is 1.31 bits per heavy atom. The van der Waals surface area contributed by atoms with Crippen molar-refractivity contribution in [2.24, 2.45) is 0 Å². The highest BCUT2D eigenvalue weighted by molar-refractivity contribution is 7.22. The molecule has 0 atom stereocenters. The number of ether oxygens (including phenoxy) is 2. The van der Waals surface area contributed by atoms with E-state index in [4.69, 9.17) is 4.74 Å². The molecule has 3 heterocycles. The van der Waals surface area contributed by atoms with Gasteiger partial charge in [-0.25, -0.2) is 4.98 Å². The fourth-order valence-electron chi connectivity index (χ4n) is 3.11. The molecule has 1 aliphatic rings. The number of rotatable bonds is 6. The largest absolute Gasteiger partial charge is 0.573 e. The summed E-state index contributed by atoms with van der Waals surface area (Å²) in [6.07, 6.45) is -4.78. The number of anilines is 1. The molecule has 0 radical (unpaired) electrons. The third-order valence-corrected chi connectivity index (χ3v) is 6.50. The monoisotopic (exact) mass is 509 g/mol. The normalized spacial score (nSPS) is 14.9. The number of aromatic nitrogens is 3. The second-order valence-electron chi connectivity index (χ2n) is 6.77. The average Bonchev–Trinajstić information content (AvgIpc) is 3.33. The summed E-state index contributed by atoms with van der Waals surface area (Å²) in [7, 11) is 0. The van der Waals surface area contributed by atoms with Gasteiger partial charge in [-0.3, -0.25) is 14.6 Å². The standard InChI is InChI=1S/C18H18F3N5O3S2.ClH/c1-11-15(31-24-23-11)16(27)26(5-4-25-6-8-28-9-7-25)17-22-13-3-2-12(10-14(13)30-17)29-18(19,20)21;/h2-3,10H,4-9H2,1H3;1H. The number of carbonyl (C=O) groups excluding carboxylic acids is 1. The van der Waals surface area contributed by atoms with Crippen molar-refractivity contribution < 1.29 is 27.4 Å². The molecular weight excluding hydrogens is 491 g/mol. The molecule has 0 bridgehead atoms. The molecule has 0 N–H and O–H groups in total. The predicted octanol–water partition coefficient (Wildman–Crippen LogP) is 3.76. The third-order valence-electron chi connectivity index (χ3n) is 4.65. The first-order chi connectivity index (χ1) is 14.8. The van der Waals surface area contributed by atoms with Crippen molar-refractivity contribution in [3.63, 3.8) is 0 Å². The van der Waals surface area contributed by atoms with Crippen LogP contribution in [0.1, 0.15) is 15.4 Å². The van der Waals surface area contributed by atoms with Gasteiger partial charge in [0.2, 0.25) is 0 Å². The summed E-state index contributed by atoms with van der Waals surface area (Å²) in [5.41, 5.74) is 1.01. The highest BCUT2D eigenvalue weighted by Crippen LogP contribution is 2.34. The van der Waals surface area contributed by atoms with Crippen LogP contribution >= 0.6 is 35.3 Å². The highest BCUT2D eigenvalue weighted by Gasteiger charge is 2.31. The van der Waals surface area contributed by atoms with Gasteiger partial charge in [0.15, 0.2) is 5.13 Å². The number of amides is 1. The molecule has 14 heteroatoms. The molecule has 1 aliphatic heterocycles. The fraction of sp³-hybridized carbons (Fsp3) is 0.444. The molecule has 1 saturated heterocycles. The van der Waals surface area contributed by atoms with Crippen LogP contribution in [0.3, 0.4) is 0 Å². The van der Waals surface area contributed by atoms with E-state index in [1.165, 1.54) is 23.1 Å². The lowest BCUT2D eigenvalue weighted by molar-refractivity contribution is -0.274. The average molecular weight is 510 g/mol. The van der Waals surface area contributed by atoms with Crippen molar-refractivity contribution in [3.8, 4) is 5.75 Å². The van der Waals surface area contributed by atoms with Gasteiger partial charge in [-0.05, 0) is 30.6 Å². The van der Waals surface area contributed by atoms with Crippen molar-refractivity contribution in [2.45, 2.75) is 13.3 Å². The lowest BCUT2D eigenvalue weighted by atomic mass is 10.3. The van der Waals surface area contributed by atoms with E-state index in [0.717, 1.165) is 36.0 Å². The maximum Gasteiger partial charge on any atom is 0.573 e. The summed E-state index contributed by atoms with van der Waals surface area (Å²) in [6, 6.07) is 3.92. The molecular formula is C18H19ClF3N5O3S2. The van der Waals surface area contributed by atoms with Crippen LogP contribution in [0.25, 0.3) is 10.2 Å². The van der Waals surface area contributed by atoms with Crippen LogP contribution in [0.2, 0.25) is 0 Å². The zero-order chi connectivity index (χ0) is 22.0. The minimum Gasteiger partial charge on any atom is -0.406 e. The second kappa shape index (κ2) is 10.3. The summed E-state index contributed by atoms with van der Waals surface area (Å²) in [5, 5.41) is 4.30. The maximum atomic E-state index is 13.2. The number of aryl methyl sites for hydroxylation is 1. The molecule has 8 nitrogen and oxygen atoms in total. The molecule has 0 spiro atoms. The van der Waals surface area contributed by atoms with E-state index in [-0.39, 0.29) is 24.1 Å². The molecule has 1 amide bonds. The van der Waals surface area contributed by atoms with Gasteiger partial charge in [0.1, 0.15) is 10.6 Å². The Hall–Kier alpha value is -2.06. The topological polar surface area (TPSA) is 80.7 Å². The molecule has 4 rings (SSSR count). The molecule has 0 saturated carbocycles. The minimum absolute atomic E-state index is 0. The Morgan fingerprint density at radius 2 is 2.06 bits per heavy atom. The number of fused-ring (bicyclic) bond motifs is 1. The van der Waals surface area contributed by atoms with E-state index in [1.54, 1.807) is 6.92 Å². The predicted molar refractivity (Wildman–Crippen MR) is 117 cm³/mol. The first kappa shape index (κ1) is 24.6. The van der Waals surface area contributed by atoms with Gasteiger partial charge >= 0.3 is 6.36 Å².